The molecule has 4 heteroatoms. The van der Waals surface area contributed by atoms with Crippen molar-refractivity contribution in [2.24, 2.45) is 0 Å². The highest BCUT2D eigenvalue weighted by Crippen LogP contribution is 2.39. The van der Waals surface area contributed by atoms with Gasteiger partial charge in [0, 0.05) is 49.9 Å². The van der Waals surface area contributed by atoms with Crippen molar-refractivity contribution in [1.82, 2.24) is 9.13 Å². The topological polar surface area (TPSA) is 23.0 Å². The molecule has 0 radical (unpaired) electrons. The Hall–Kier alpha value is -7.14. The molecule has 0 saturated carbocycles. The molecule has 8 aromatic carbocycles. The Kier molecular flexibility index (Phi) is 7.38. The first kappa shape index (κ1) is 33.0. The minimum Gasteiger partial charge on any atom is -0.456 e. The zero-order valence-electron chi connectivity index (χ0n) is 31.8. The minimum atomic E-state index is -2.95. The van der Waals surface area contributed by atoms with Crippen molar-refractivity contribution in [3.8, 4) is 11.4 Å². The number of fused-ring (bicyclic) bond motifs is 9. The molecule has 11 aromatic rings. The third-order valence-corrected chi connectivity index (χ3v) is 17.3. The van der Waals surface area contributed by atoms with Gasteiger partial charge in [0.05, 0.1) is 22.1 Å². The average Bonchev–Trinajstić information content (AvgIpc) is 3.94. The summed E-state index contributed by atoms with van der Waals surface area (Å²) < 4.78 is 11.4. The molecule has 0 aliphatic heterocycles. The predicted molar refractivity (Wildman–Crippen MR) is 246 cm³/mol. The van der Waals surface area contributed by atoms with E-state index in [1.54, 1.807) is 0 Å². The summed E-state index contributed by atoms with van der Waals surface area (Å²) in [5.74, 6) is 0.997. The fraction of sp³-hybridized carbons (Fsp3) is 0.0370. The zero-order valence-corrected chi connectivity index (χ0v) is 32.8. The van der Waals surface area contributed by atoms with E-state index in [0.29, 0.717) is 0 Å². The Bertz CT molecular complexity index is 3350. The van der Waals surface area contributed by atoms with Crippen molar-refractivity contribution in [3.05, 3.63) is 212 Å². The van der Waals surface area contributed by atoms with E-state index in [2.05, 4.69) is 215 Å². The molecule has 0 saturated heterocycles. The van der Waals surface area contributed by atoms with Gasteiger partial charge in [-0.15, -0.1) is 0 Å². The maximum absolute atomic E-state index is 6.54. The van der Waals surface area contributed by atoms with Gasteiger partial charge in [-0.05, 0) is 88.2 Å². The Labute approximate surface area is 337 Å². The van der Waals surface area contributed by atoms with Gasteiger partial charge in [-0.2, -0.15) is 0 Å². The van der Waals surface area contributed by atoms with Crippen molar-refractivity contribution < 1.29 is 4.42 Å². The first-order chi connectivity index (χ1) is 28.8. The lowest BCUT2D eigenvalue weighted by Crippen LogP contribution is -2.74. The van der Waals surface area contributed by atoms with Crippen molar-refractivity contribution in [2.75, 3.05) is 0 Å². The highest BCUT2D eigenvalue weighted by Gasteiger charge is 2.42. The molecule has 0 N–H and O–H groups in total. The molecule has 0 unspecified atom stereocenters. The van der Waals surface area contributed by atoms with E-state index >= 15 is 0 Å². The van der Waals surface area contributed by atoms with E-state index in [9.17, 15) is 0 Å². The molecule has 1 aliphatic rings. The summed E-state index contributed by atoms with van der Waals surface area (Å²) in [5, 5.41) is 11.6. The second kappa shape index (κ2) is 13.0. The van der Waals surface area contributed by atoms with Gasteiger partial charge in [0.1, 0.15) is 11.3 Å². The summed E-state index contributed by atoms with van der Waals surface area (Å²) in [4.78, 5) is 0. The lowest BCUT2D eigenvalue weighted by molar-refractivity contribution is 0.595. The number of hydrogen-bond acceptors (Lipinski definition) is 1. The quantitative estimate of drug-likeness (QED) is 0.122. The normalized spacial score (nSPS) is 13.0. The largest absolute Gasteiger partial charge is 0.456 e. The van der Waals surface area contributed by atoms with Crippen LogP contribution in [0.25, 0.3) is 72.0 Å². The van der Waals surface area contributed by atoms with Gasteiger partial charge in [-0.25, -0.2) is 0 Å². The zero-order chi connectivity index (χ0) is 38.2. The molecule has 1 aliphatic carbocycles. The number of aromatic nitrogens is 2. The van der Waals surface area contributed by atoms with E-state index in [0.717, 1.165) is 35.4 Å². The van der Waals surface area contributed by atoms with Gasteiger partial charge in [0.25, 0.3) is 0 Å². The van der Waals surface area contributed by atoms with E-state index < -0.39 is 8.07 Å². The van der Waals surface area contributed by atoms with Crippen LogP contribution < -0.4 is 20.7 Å². The molecular weight excluding hydrogens is 721 g/mol. The fourth-order valence-corrected chi connectivity index (χ4v) is 14.8. The molecule has 274 valence electrons. The molecule has 12 rings (SSSR count). The van der Waals surface area contributed by atoms with Crippen LogP contribution in [0.3, 0.4) is 0 Å². The van der Waals surface area contributed by atoms with Crippen molar-refractivity contribution in [3.63, 3.8) is 0 Å². The number of aryl methyl sites for hydroxylation is 1. The molecule has 3 nitrogen and oxygen atoms in total. The maximum atomic E-state index is 6.54. The number of allylic oxidation sites excluding steroid dienone is 1. The Morgan fingerprint density at radius 3 is 1.66 bits per heavy atom. The first-order valence-electron chi connectivity index (χ1n) is 20.2. The standard InChI is InChI=1S/C54H38N2OSi/c1-4-17-37(18-5-1)55-49-28-13-10-25-43(49)46-34-42(31-32-51(46)55)58(39-20-6-2-7-21-39,40-22-8-3-9-23-40)41-24-16-19-38(33-41)56-50-29-14-11-26-44(50)47-35-48-45-27-12-15-30-53(45)57-54(48)36-52(47)56/h1-11,13-26,28-36H,12,27H2. The van der Waals surface area contributed by atoms with Crippen LogP contribution in [0.2, 0.25) is 0 Å². The summed E-state index contributed by atoms with van der Waals surface area (Å²) in [6.07, 6.45) is 6.42. The fourth-order valence-electron chi connectivity index (χ4n) is 10.0. The third kappa shape index (κ3) is 4.79. The van der Waals surface area contributed by atoms with Crippen LogP contribution in [0.5, 0.6) is 0 Å². The van der Waals surface area contributed by atoms with Gasteiger partial charge in [0.15, 0.2) is 8.07 Å². The number of nitrogens with zero attached hydrogens (tertiary/aromatic N) is 2. The van der Waals surface area contributed by atoms with E-state index in [1.807, 2.05) is 0 Å². The monoisotopic (exact) mass is 758 g/mol. The van der Waals surface area contributed by atoms with Gasteiger partial charge in [-0.1, -0.05) is 146 Å². The molecule has 3 heterocycles. The molecule has 3 aromatic heterocycles. The Morgan fingerprint density at radius 2 is 0.948 bits per heavy atom. The molecule has 0 bridgehead atoms. The van der Waals surface area contributed by atoms with Crippen LogP contribution in [-0.4, -0.2) is 17.2 Å². The summed E-state index contributed by atoms with van der Waals surface area (Å²) >= 11 is 0. The average molecular weight is 759 g/mol. The number of benzene rings is 8. The Balaban J connectivity index is 1.15. The highest BCUT2D eigenvalue weighted by molar-refractivity contribution is 7.20. The van der Waals surface area contributed by atoms with E-state index in [4.69, 9.17) is 4.42 Å². The van der Waals surface area contributed by atoms with Gasteiger partial charge < -0.3 is 13.6 Å². The van der Waals surface area contributed by atoms with Crippen LogP contribution >= 0.6 is 0 Å². The molecule has 58 heavy (non-hydrogen) atoms. The maximum Gasteiger partial charge on any atom is 0.179 e. The number of furan rings is 1. The summed E-state index contributed by atoms with van der Waals surface area (Å²) in [6.45, 7) is 0. The van der Waals surface area contributed by atoms with Crippen molar-refractivity contribution in [1.29, 1.82) is 0 Å². The lowest BCUT2D eigenvalue weighted by atomic mass is 10.00. The van der Waals surface area contributed by atoms with Crippen molar-refractivity contribution in [2.45, 2.75) is 12.8 Å². The van der Waals surface area contributed by atoms with Crippen LogP contribution in [-0.2, 0) is 6.42 Å². The highest BCUT2D eigenvalue weighted by atomic mass is 28.3. The second-order valence-corrected chi connectivity index (χ2v) is 19.4. The van der Waals surface area contributed by atoms with Crippen LogP contribution in [0.15, 0.2) is 205 Å². The molecule has 0 fully saturated rings. The van der Waals surface area contributed by atoms with Gasteiger partial charge in [-0.3, -0.25) is 0 Å². The second-order valence-electron chi connectivity index (χ2n) is 15.6. The first-order valence-corrected chi connectivity index (χ1v) is 22.2. The van der Waals surface area contributed by atoms with Crippen LogP contribution in [0.1, 0.15) is 17.7 Å². The summed E-state index contributed by atoms with van der Waals surface area (Å²) in [5.41, 5.74) is 9.35. The molecule has 0 atom stereocenters. The molecule has 0 amide bonds. The number of hydrogen-bond donors (Lipinski definition) is 0. The van der Waals surface area contributed by atoms with Gasteiger partial charge in [0.2, 0.25) is 0 Å². The van der Waals surface area contributed by atoms with E-state index in [-0.39, 0.29) is 0 Å². The number of rotatable bonds is 6. The Morgan fingerprint density at radius 1 is 0.397 bits per heavy atom. The smallest absolute Gasteiger partial charge is 0.179 e. The third-order valence-electron chi connectivity index (χ3n) is 12.5. The van der Waals surface area contributed by atoms with Gasteiger partial charge >= 0.3 is 0 Å². The minimum absolute atomic E-state index is 0.949. The molecular formula is C54H38N2OSi. The number of para-hydroxylation sites is 3. The summed E-state index contributed by atoms with van der Waals surface area (Å²) in [7, 11) is -2.95. The summed E-state index contributed by atoms with van der Waals surface area (Å²) in [6, 6.07) is 72.3. The van der Waals surface area contributed by atoms with Crippen molar-refractivity contribution >= 4 is 89.5 Å². The lowest BCUT2D eigenvalue weighted by Gasteiger charge is -2.35. The molecule has 0 spiro atoms. The SMILES string of the molecule is C1=Cc2oc3cc4c(cc3c2CC1)c1ccccc1n4-c1cccc([Si](c2ccccc2)(c2ccccc2)c2ccc3c(c2)c2ccccc2n3-c2ccccc2)c1. The predicted octanol–water partition coefficient (Wildman–Crippen LogP) is 11.0. The van der Waals surface area contributed by atoms with Crippen LogP contribution in [0, 0.1) is 0 Å². The van der Waals surface area contributed by atoms with Crippen LogP contribution in [0.4, 0.5) is 0 Å². The van der Waals surface area contributed by atoms with E-state index in [1.165, 1.54) is 75.5 Å².